The number of alkyl halides is 3. The number of hydrogen-bond acceptors (Lipinski definition) is 1. The summed E-state index contributed by atoms with van der Waals surface area (Å²) in [6.45, 7) is 0. The van der Waals surface area contributed by atoms with Crippen LogP contribution in [-0.2, 0) is 0 Å². The van der Waals surface area contributed by atoms with Crippen molar-refractivity contribution in [1.29, 1.82) is 0 Å². The van der Waals surface area contributed by atoms with E-state index in [9.17, 15) is 13.2 Å². The molecule has 2 saturated carbocycles. The number of halogens is 3. The standard InChI is InChI=1S/C8H12F3N/c9-8(10,11)6-4-1-2-5(3-4)7(6)12/h4-7H,1-3,12H2. The Hall–Kier alpha value is -0.250. The highest BCUT2D eigenvalue weighted by atomic mass is 19.4. The van der Waals surface area contributed by atoms with E-state index in [2.05, 4.69) is 0 Å². The number of fused-ring (bicyclic) bond motifs is 2. The van der Waals surface area contributed by atoms with Gasteiger partial charge in [-0.1, -0.05) is 0 Å². The Morgan fingerprint density at radius 3 is 2.00 bits per heavy atom. The number of hydrogen-bond donors (Lipinski definition) is 1. The molecule has 0 heterocycles. The Balaban J connectivity index is 2.17. The molecule has 0 saturated heterocycles. The van der Waals surface area contributed by atoms with Gasteiger partial charge in [-0.25, -0.2) is 0 Å². The van der Waals surface area contributed by atoms with Crippen molar-refractivity contribution in [1.82, 2.24) is 0 Å². The summed E-state index contributed by atoms with van der Waals surface area (Å²) in [4.78, 5) is 0. The average Bonchev–Trinajstić information content (AvgIpc) is 2.42. The van der Waals surface area contributed by atoms with Crippen molar-refractivity contribution in [2.45, 2.75) is 31.5 Å². The van der Waals surface area contributed by atoms with E-state index in [-0.39, 0.29) is 11.8 Å². The van der Waals surface area contributed by atoms with Crippen LogP contribution in [0.5, 0.6) is 0 Å². The van der Waals surface area contributed by atoms with Crippen molar-refractivity contribution in [3.8, 4) is 0 Å². The Kier molecular flexibility index (Phi) is 1.65. The van der Waals surface area contributed by atoms with Gasteiger partial charge in [0.1, 0.15) is 0 Å². The zero-order valence-electron chi connectivity index (χ0n) is 6.64. The maximum Gasteiger partial charge on any atom is 0.393 e. The fourth-order valence-corrected chi connectivity index (χ4v) is 2.82. The molecule has 12 heavy (non-hydrogen) atoms. The van der Waals surface area contributed by atoms with Gasteiger partial charge in [-0.05, 0) is 31.1 Å². The molecule has 0 spiro atoms. The summed E-state index contributed by atoms with van der Waals surface area (Å²) in [6.07, 6.45) is -1.74. The second kappa shape index (κ2) is 2.37. The minimum atomic E-state index is -4.07. The van der Waals surface area contributed by atoms with Gasteiger partial charge in [0.05, 0.1) is 5.92 Å². The molecule has 2 aliphatic rings. The molecule has 2 bridgehead atoms. The molecule has 1 nitrogen and oxygen atoms in total. The monoisotopic (exact) mass is 179 g/mol. The lowest BCUT2D eigenvalue weighted by atomic mass is 9.84. The number of rotatable bonds is 0. The van der Waals surface area contributed by atoms with Crippen LogP contribution in [0.15, 0.2) is 0 Å². The Bertz CT molecular complexity index is 187. The van der Waals surface area contributed by atoms with Gasteiger partial charge < -0.3 is 5.73 Å². The van der Waals surface area contributed by atoms with E-state index in [0.717, 1.165) is 12.8 Å². The number of nitrogens with two attached hydrogens (primary N) is 1. The molecule has 0 aromatic rings. The van der Waals surface area contributed by atoms with E-state index in [1.807, 2.05) is 0 Å². The van der Waals surface area contributed by atoms with Crippen LogP contribution < -0.4 is 5.73 Å². The van der Waals surface area contributed by atoms with Gasteiger partial charge in [-0.2, -0.15) is 13.2 Å². The van der Waals surface area contributed by atoms with Crippen molar-refractivity contribution in [2.75, 3.05) is 0 Å². The fourth-order valence-electron chi connectivity index (χ4n) is 2.82. The van der Waals surface area contributed by atoms with Crippen molar-refractivity contribution in [3.05, 3.63) is 0 Å². The third-order valence-corrected chi connectivity index (χ3v) is 3.36. The molecular formula is C8H12F3N. The van der Waals surface area contributed by atoms with Crippen LogP contribution >= 0.6 is 0 Å². The fraction of sp³-hybridized carbons (Fsp3) is 1.00. The second-order valence-electron chi connectivity index (χ2n) is 3.98. The maximum atomic E-state index is 12.4. The molecule has 0 amide bonds. The summed E-state index contributed by atoms with van der Waals surface area (Å²) in [6, 6.07) is -0.622. The Labute approximate surface area is 69.1 Å². The van der Waals surface area contributed by atoms with E-state index < -0.39 is 18.1 Å². The van der Waals surface area contributed by atoms with Gasteiger partial charge in [0, 0.05) is 6.04 Å². The Morgan fingerprint density at radius 1 is 1.08 bits per heavy atom. The summed E-state index contributed by atoms with van der Waals surface area (Å²) in [5.41, 5.74) is 5.53. The predicted octanol–water partition coefficient (Wildman–Crippen LogP) is 1.92. The molecule has 4 unspecified atom stereocenters. The van der Waals surface area contributed by atoms with E-state index in [1.54, 1.807) is 0 Å². The van der Waals surface area contributed by atoms with Crippen molar-refractivity contribution in [2.24, 2.45) is 23.5 Å². The second-order valence-corrected chi connectivity index (χ2v) is 3.98. The van der Waals surface area contributed by atoms with Crippen LogP contribution in [0.25, 0.3) is 0 Å². The van der Waals surface area contributed by atoms with E-state index in [0.29, 0.717) is 6.42 Å². The Morgan fingerprint density at radius 2 is 1.67 bits per heavy atom. The first kappa shape index (κ1) is 8.35. The van der Waals surface area contributed by atoms with Gasteiger partial charge in [0.2, 0.25) is 0 Å². The van der Waals surface area contributed by atoms with Gasteiger partial charge in [-0.3, -0.25) is 0 Å². The van der Waals surface area contributed by atoms with Crippen LogP contribution in [0, 0.1) is 17.8 Å². The zero-order chi connectivity index (χ0) is 8.93. The first-order valence-corrected chi connectivity index (χ1v) is 4.32. The van der Waals surface area contributed by atoms with Crippen LogP contribution in [0.3, 0.4) is 0 Å². The third kappa shape index (κ3) is 1.04. The largest absolute Gasteiger partial charge is 0.393 e. The van der Waals surface area contributed by atoms with Gasteiger partial charge in [0.15, 0.2) is 0 Å². The molecule has 70 valence electrons. The summed E-state index contributed by atoms with van der Waals surface area (Å²) in [7, 11) is 0. The first-order valence-electron chi connectivity index (χ1n) is 4.32. The lowest BCUT2D eigenvalue weighted by molar-refractivity contribution is -0.190. The lowest BCUT2D eigenvalue weighted by Crippen LogP contribution is -2.43. The topological polar surface area (TPSA) is 26.0 Å². The molecule has 0 aromatic heterocycles. The minimum Gasteiger partial charge on any atom is -0.327 e. The molecule has 0 radical (unpaired) electrons. The average molecular weight is 179 g/mol. The van der Waals surface area contributed by atoms with E-state index in [4.69, 9.17) is 5.73 Å². The molecule has 4 atom stereocenters. The van der Waals surface area contributed by atoms with Crippen LogP contribution in [0.2, 0.25) is 0 Å². The van der Waals surface area contributed by atoms with Crippen molar-refractivity contribution >= 4 is 0 Å². The first-order chi connectivity index (χ1) is 5.50. The molecule has 2 aliphatic carbocycles. The van der Waals surface area contributed by atoms with Crippen molar-refractivity contribution < 1.29 is 13.2 Å². The normalized spacial score (nSPS) is 47.0. The minimum absolute atomic E-state index is 0.140. The highest BCUT2D eigenvalue weighted by molar-refractivity contribution is 5.01. The highest BCUT2D eigenvalue weighted by Crippen LogP contribution is 2.53. The third-order valence-electron chi connectivity index (χ3n) is 3.36. The van der Waals surface area contributed by atoms with E-state index in [1.165, 1.54) is 0 Å². The van der Waals surface area contributed by atoms with Crippen LogP contribution in [0.1, 0.15) is 19.3 Å². The molecule has 2 fully saturated rings. The highest BCUT2D eigenvalue weighted by Gasteiger charge is 2.57. The van der Waals surface area contributed by atoms with Crippen molar-refractivity contribution in [3.63, 3.8) is 0 Å². The molecular weight excluding hydrogens is 167 g/mol. The maximum absolute atomic E-state index is 12.4. The van der Waals surface area contributed by atoms with Crippen LogP contribution in [0.4, 0.5) is 13.2 Å². The van der Waals surface area contributed by atoms with Gasteiger partial charge in [-0.15, -0.1) is 0 Å². The van der Waals surface area contributed by atoms with Crippen LogP contribution in [-0.4, -0.2) is 12.2 Å². The van der Waals surface area contributed by atoms with Gasteiger partial charge in [0.25, 0.3) is 0 Å². The molecule has 0 aliphatic heterocycles. The SMILES string of the molecule is NC1C2CCC(C2)C1C(F)(F)F. The van der Waals surface area contributed by atoms with E-state index >= 15 is 0 Å². The predicted molar refractivity (Wildman–Crippen MR) is 38.4 cm³/mol. The molecule has 2 rings (SSSR count). The summed E-state index contributed by atoms with van der Waals surface area (Å²) >= 11 is 0. The summed E-state index contributed by atoms with van der Waals surface area (Å²) in [5.74, 6) is -1.25. The smallest absolute Gasteiger partial charge is 0.327 e. The van der Waals surface area contributed by atoms with Gasteiger partial charge >= 0.3 is 6.18 Å². The molecule has 4 heteroatoms. The molecule has 2 N–H and O–H groups in total. The lowest BCUT2D eigenvalue weighted by Gasteiger charge is -2.29. The zero-order valence-corrected chi connectivity index (χ0v) is 6.64. The molecule has 0 aromatic carbocycles. The summed E-state index contributed by atoms with van der Waals surface area (Å²) < 4.78 is 37.2. The summed E-state index contributed by atoms with van der Waals surface area (Å²) in [5, 5.41) is 0. The quantitative estimate of drug-likeness (QED) is 0.604.